The van der Waals surface area contributed by atoms with Crippen LogP contribution in [0, 0.1) is 0 Å². The summed E-state index contributed by atoms with van der Waals surface area (Å²) < 4.78 is 23.1. The molecule has 0 aromatic carbocycles. The molecule has 290 valence electrons. The van der Waals surface area contributed by atoms with Crippen LogP contribution in [0.5, 0.6) is 0 Å². The Morgan fingerprint density at radius 3 is 1.67 bits per heavy atom. The quantitative estimate of drug-likeness (QED) is 0.0290. The van der Waals surface area contributed by atoms with Gasteiger partial charge in [-0.25, -0.2) is 0 Å². The predicted octanol–water partition coefficient (Wildman–Crippen LogP) is 9.94. The van der Waals surface area contributed by atoms with E-state index >= 15 is 0 Å². The van der Waals surface area contributed by atoms with Crippen LogP contribution >= 0.6 is 7.82 Å². The van der Waals surface area contributed by atoms with E-state index in [9.17, 15) is 19.4 Å². The van der Waals surface area contributed by atoms with Crippen molar-refractivity contribution >= 4 is 13.7 Å². The summed E-state index contributed by atoms with van der Waals surface area (Å²) in [7, 11) is 1.26. The molecule has 9 heteroatoms. The molecule has 0 heterocycles. The number of phosphoric acid groups is 1. The summed E-state index contributed by atoms with van der Waals surface area (Å²) in [5.74, 6) is -0.201. The lowest BCUT2D eigenvalue weighted by Crippen LogP contribution is -2.45. The highest BCUT2D eigenvalue weighted by atomic mass is 31.2. The van der Waals surface area contributed by atoms with Crippen LogP contribution in [0.3, 0.4) is 0 Å². The van der Waals surface area contributed by atoms with Crippen LogP contribution in [0.15, 0.2) is 24.3 Å². The number of rotatable bonds is 36. The molecular formula is C40H79N2O6P. The number of amides is 1. The van der Waals surface area contributed by atoms with Gasteiger partial charge in [0.1, 0.15) is 13.2 Å². The first kappa shape index (κ1) is 48.0. The first-order valence-electron chi connectivity index (χ1n) is 20.2. The number of likely N-dealkylation sites (N-methyl/N-ethyl adjacent to an activating group) is 1. The van der Waals surface area contributed by atoms with Gasteiger partial charge in [0.15, 0.2) is 0 Å². The minimum Gasteiger partial charge on any atom is -0.756 e. The van der Waals surface area contributed by atoms with Gasteiger partial charge in [0.25, 0.3) is 7.82 Å². The molecule has 0 fully saturated rings. The molecule has 49 heavy (non-hydrogen) atoms. The maximum absolute atomic E-state index is 12.8. The summed E-state index contributed by atoms with van der Waals surface area (Å²) in [5, 5.41) is 13.7. The van der Waals surface area contributed by atoms with Crippen LogP contribution in [0.25, 0.3) is 0 Å². The number of aliphatic hydroxyl groups is 1. The minimum atomic E-state index is -4.58. The second-order valence-electron chi connectivity index (χ2n) is 15.0. The first-order chi connectivity index (χ1) is 23.5. The third-order valence-electron chi connectivity index (χ3n) is 8.89. The van der Waals surface area contributed by atoms with Crippen LogP contribution in [0.4, 0.5) is 0 Å². The van der Waals surface area contributed by atoms with Crippen molar-refractivity contribution in [3.8, 4) is 0 Å². The van der Waals surface area contributed by atoms with Crippen LogP contribution in [0.2, 0.25) is 0 Å². The Morgan fingerprint density at radius 1 is 0.694 bits per heavy atom. The lowest BCUT2D eigenvalue weighted by atomic mass is 10.0. The van der Waals surface area contributed by atoms with E-state index in [4.69, 9.17) is 9.05 Å². The van der Waals surface area contributed by atoms with E-state index in [1.54, 1.807) is 6.08 Å². The van der Waals surface area contributed by atoms with Gasteiger partial charge < -0.3 is 28.8 Å². The summed E-state index contributed by atoms with van der Waals surface area (Å²) in [6.45, 7) is 4.57. The van der Waals surface area contributed by atoms with Gasteiger partial charge in [0.05, 0.1) is 39.9 Å². The topological polar surface area (TPSA) is 108 Å². The van der Waals surface area contributed by atoms with Gasteiger partial charge in [0, 0.05) is 6.42 Å². The fraction of sp³-hybridized carbons (Fsp3) is 0.875. The summed E-state index contributed by atoms with van der Waals surface area (Å²) in [4.78, 5) is 25.2. The van der Waals surface area contributed by atoms with Crippen molar-refractivity contribution in [2.24, 2.45) is 0 Å². The molecule has 2 N–H and O–H groups in total. The van der Waals surface area contributed by atoms with Gasteiger partial charge in [-0.05, 0) is 38.5 Å². The molecule has 0 aliphatic heterocycles. The molecule has 0 aromatic heterocycles. The highest BCUT2D eigenvalue weighted by Gasteiger charge is 2.23. The van der Waals surface area contributed by atoms with Crippen molar-refractivity contribution in [2.75, 3.05) is 40.9 Å². The zero-order valence-electron chi connectivity index (χ0n) is 32.6. The number of unbranched alkanes of at least 4 members (excludes halogenated alkanes) is 21. The van der Waals surface area contributed by atoms with Crippen molar-refractivity contribution in [1.82, 2.24) is 5.32 Å². The molecule has 0 saturated carbocycles. The van der Waals surface area contributed by atoms with Crippen LogP contribution in [0.1, 0.15) is 174 Å². The number of hydrogen-bond donors (Lipinski definition) is 2. The molecule has 0 radical (unpaired) electrons. The van der Waals surface area contributed by atoms with Gasteiger partial charge in [-0.3, -0.25) is 9.36 Å². The Balaban J connectivity index is 4.50. The first-order valence-corrected chi connectivity index (χ1v) is 21.7. The highest BCUT2D eigenvalue weighted by Crippen LogP contribution is 2.38. The lowest BCUT2D eigenvalue weighted by molar-refractivity contribution is -0.870. The average molecular weight is 715 g/mol. The molecule has 1 unspecified atom stereocenters. The number of nitrogens with one attached hydrogen (secondary N) is 1. The molecular weight excluding hydrogens is 635 g/mol. The third kappa shape index (κ3) is 35.2. The smallest absolute Gasteiger partial charge is 0.268 e. The van der Waals surface area contributed by atoms with E-state index < -0.39 is 20.0 Å². The maximum Gasteiger partial charge on any atom is 0.268 e. The average Bonchev–Trinajstić information content (AvgIpc) is 3.04. The Labute approximate surface area is 303 Å². The predicted molar refractivity (Wildman–Crippen MR) is 205 cm³/mol. The molecule has 0 saturated heterocycles. The standard InChI is InChI=1S/C40H79N2O6P/c1-6-8-10-12-14-16-18-20-22-24-26-28-30-32-34-40(44)41-38(37-48-49(45,46)47-36-35-42(3,4)5)39(43)33-31-29-27-25-23-21-19-17-15-13-11-9-7-2/h11,13,31,33,38-39,43H,6-10,12,14-30,32,34-37H2,1-5H3,(H-,41,44,45,46)/b13-11+,33-31+/t38-,39+/m0/s1. The van der Waals surface area contributed by atoms with E-state index in [2.05, 4.69) is 31.3 Å². The van der Waals surface area contributed by atoms with E-state index in [-0.39, 0.29) is 19.1 Å². The molecule has 0 aliphatic carbocycles. The van der Waals surface area contributed by atoms with E-state index in [1.165, 1.54) is 116 Å². The number of hydrogen-bond acceptors (Lipinski definition) is 6. The number of carbonyl (C=O) groups excluding carboxylic acids is 1. The minimum absolute atomic E-state index is 0.00110. The van der Waals surface area contributed by atoms with E-state index in [0.717, 1.165) is 38.5 Å². The molecule has 3 atom stereocenters. The fourth-order valence-electron chi connectivity index (χ4n) is 5.62. The Bertz CT molecular complexity index is 860. The zero-order chi connectivity index (χ0) is 36.5. The lowest BCUT2D eigenvalue weighted by Gasteiger charge is -2.29. The van der Waals surface area contributed by atoms with Crippen LogP contribution in [-0.2, 0) is 18.4 Å². The number of carbonyl (C=O) groups is 1. The summed E-state index contributed by atoms with van der Waals surface area (Å²) in [6, 6.07) is -0.883. The molecule has 1 amide bonds. The number of aliphatic hydroxyl groups excluding tert-OH is 1. The normalized spacial score (nSPS) is 14.8. The van der Waals surface area contributed by atoms with E-state index in [0.29, 0.717) is 17.4 Å². The number of nitrogens with zero attached hydrogens (tertiary/aromatic N) is 1. The second-order valence-corrected chi connectivity index (χ2v) is 16.4. The second kappa shape index (κ2) is 32.9. The molecule has 0 bridgehead atoms. The van der Waals surface area contributed by atoms with Crippen molar-refractivity contribution in [2.45, 2.75) is 187 Å². The molecule has 0 aromatic rings. The Morgan fingerprint density at radius 2 is 1.16 bits per heavy atom. The molecule has 8 nitrogen and oxygen atoms in total. The van der Waals surface area contributed by atoms with Gasteiger partial charge in [-0.15, -0.1) is 0 Å². The molecule has 0 aliphatic rings. The van der Waals surface area contributed by atoms with Crippen molar-refractivity contribution in [1.29, 1.82) is 0 Å². The van der Waals surface area contributed by atoms with Gasteiger partial charge in [0.2, 0.25) is 5.91 Å². The summed E-state index contributed by atoms with van der Waals surface area (Å²) in [5.41, 5.74) is 0. The zero-order valence-corrected chi connectivity index (χ0v) is 33.5. The Hall–Kier alpha value is -1.02. The molecule has 0 spiro atoms. The van der Waals surface area contributed by atoms with Gasteiger partial charge in [-0.1, -0.05) is 154 Å². The van der Waals surface area contributed by atoms with Gasteiger partial charge >= 0.3 is 0 Å². The molecule has 0 rings (SSSR count). The SMILES string of the molecule is CCC/C=C/CCCCCCCC/C=C/[C@@H](O)[C@H](COP(=O)([O-])OCC[N+](C)(C)C)NC(=O)CCCCCCCCCCCCCCCC. The monoisotopic (exact) mass is 715 g/mol. The summed E-state index contributed by atoms with van der Waals surface area (Å²) >= 11 is 0. The number of phosphoric ester groups is 1. The largest absolute Gasteiger partial charge is 0.756 e. The van der Waals surface area contributed by atoms with Crippen LogP contribution < -0.4 is 10.2 Å². The van der Waals surface area contributed by atoms with Crippen molar-refractivity contribution < 1.29 is 32.9 Å². The Kier molecular flexibility index (Phi) is 32.2. The summed E-state index contributed by atoms with van der Waals surface area (Å²) in [6.07, 6.45) is 36.4. The van der Waals surface area contributed by atoms with Gasteiger partial charge in [-0.2, -0.15) is 0 Å². The fourth-order valence-corrected chi connectivity index (χ4v) is 6.35. The van der Waals surface area contributed by atoms with Crippen molar-refractivity contribution in [3.05, 3.63) is 24.3 Å². The van der Waals surface area contributed by atoms with Crippen molar-refractivity contribution in [3.63, 3.8) is 0 Å². The number of allylic oxidation sites excluding steroid dienone is 3. The van der Waals surface area contributed by atoms with Crippen LogP contribution in [-0.4, -0.2) is 68.5 Å². The maximum atomic E-state index is 12.8. The number of quaternary nitrogens is 1. The highest BCUT2D eigenvalue weighted by molar-refractivity contribution is 7.45. The van der Waals surface area contributed by atoms with E-state index in [1.807, 2.05) is 27.2 Å². The third-order valence-corrected chi connectivity index (χ3v) is 9.85.